The van der Waals surface area contributed by atoms with Gasteiger partial charge in [-0.25, -0.2) is 4.98 Å². The summed E-state index contributed by atoms with van der Waals surface area (Å²) in [5.41, 5.74) is 1.19. The Balaban J connectivity index is 1.72. The van der Waals surface area contributed by atoms with Gasteiger partial charge in [-0.05, 0) is 13.3 Å². The molecule has 15 heavy (non-hydrogen) atoms. The van der Waals surface area contributed by atoms with Crippen LogP contribution in [0.1, 0.15) is 17.1 Å². The lowest BCUT2D eigenvalue weighted by molar-refractivity contribution is 0.837. The molecule has 0 atom stereocenters. The molecule has 0 unspecified atom stereocenters. The van der Waals surface area contributed by atoms with Crippen LogP contribution in [0.3, 0.4) is 0 Å². The lowest BCUT2D eigenvalue weighted by Crippen LogP contribution is -2.25. The number of aromatic nitrogens is 1. The quantitative estimate of drug-likeness (QED) is 0.880. The van der Waals surface area contributed by atoms with Gasteiger partial charge in [-0.15, -0.1) is 11.3 Å². The summed E-state index contributed by atoms with van der Waals surface area (Å²) in [7, 11) is 0. The maximum Gasteiger partial charge on any atom is 0.156 e. The number of nitrogens with one attached hydrogen (secondary N) is 1. The molecule has 2 heterocycles. The number of hydrogen-bond donors (Lipinski definition) is 1. The van der Waals surface area contributed by atoms with E-state index in [4.69, 9.17) is 0 Å². The van der Waals surface area contributed by atoms with E-state index in [-0.39, 0.29) is 0 Å². The first-order chi connectivity index (χ1) is 7.34. The summed E-state index contributed by atoms with van der Waals surface area (Å²) in [6.45, 7) is 3.96. The molecule has 5 heteroatoms. The van der Waals surface area contributed by atoms with Crippen molar-refractivity contribution < 1.29 is 0 Å². The third-order valence-corrected chi connectivity index (χ3v) is 3.98. The van der Waals surface area contributed by atoms with E-state index in [1.54, 1.807) is 11.3 Å². The predicted octanol–water partition coefficient (Wildman–Crippen LogP) is 2.08. The van der Waals surface area contributed by atoms with E-state index in [0.29, 0.717) is 0 Å². The molecule has 0 aliphatic carbocycles. The zero-order valence-corrected chi connectivity index (χ0v) is 10.5. The van der Waals surface area contributed by atoms with E-state index in [1.165, 1.54) is 17.9 Å². The number of amidine groups is 1. The Morgan fingerprint density at radius 2 is 2.47 bits per heavy atom. The Labute approximate surface area is 98.4 Å². The fourth-order valence-electron chi connectivity index (χ4n) is 1.39. The molecule has 0 saturated heterocycles. The first-order valence-electron chi connectivity index (χ1n) is 5.17. The van der Waals surface area contributed by atoms with Crippen LogP contribution in [0, 0.1) is 6.92 Å². The SMILES string of the molecule is Cc1nc(CCNC2=NCCCS2)cs1. The zero-order chi connectivity index (χ0) is 10.5. The number of hydrogen-bond acceptors (Lipinski definition) is 5. The molecule has 0 bridgehead atoms. The molecule has 2 rings (SSSR count). The van der Waals surface area contributed by atoms with E-state index in [0.717, 1.165) is 29.7 Å². The summed E-state index contributed by atoms with van der Waals surface area (Å²) >= 11 is 3.54. The van der Waals surface area contributed by atoms with Gasteiger partial charge in [-0.3, -0.25) is 4.99 Å². The van der Waals surface area contributed by atoms with E-state index >= 15 is 0 Å². The molecule has 0 fully saturated rings. The van der Waals surface area contributed by atoms with Crippen molar-refractivity contribution in [1.29, 1.82) is 0 Å². The third kappa shape index (κ3) is 3.50. The molecule has 0 amide bonds. The second-order valence-electron chi connectivity index (χ2n) is 3.42. The molecule has 0 radical (unpaired) electrons. The number of thiazole rings is 1. The normalized spacial score (nSPS) is 16.2. The van der Waals surface area contributed by atoms with Crippen LogP contribution in [-0.2, 0) is 6.42 Å². The molecule has 0 aromatic carbocycles. The maximum absolute atomic E-state index is 4.43. The van der Waals surface area contributed by atoms with Gasteiger partial charge < -0.3 is 5.32 Å². The highest BCUT2D eigenvalue weighted by atomic mass is 32.2. The van der Waals surface area contributed by atoms with Gasteiger partial charge in [0.05, 0.1) is 10.7 Å². The van der Waals surface area contributed by atoms with E-state index in [1.807, 2.05) is 18.7 Å². The predicted molar refractivity (Wildman–Crippen MR) is 67.9 cm³/mol. The fraction of sp³-hybridized carbons (Fsp3) is 0.600. The van der Waals surface area contributed by atoms with E-state index in [2.05, 4.69) is 20.7 Å². The Morgan fingerprint density at radius 3 is 3.13 bits per heavy atom. The molecular weight excluding hydrogens is 226 g/mol. The van der Waals surface area contributed by atoms with Gasteiger partial charge in [0.15, 0.2) is 5.17 Å². The topological polar surface area (TPSA) is 37.3 Å². The number of aliphatic imine (C=N–C) groups is 1. The van der Waals surface area contributed by atoms with Crippen LogP contribution in [0.2, 0.25) is 0 Å². The van der Waals surface area contributed by atoms with Crippen molar-refractivity contribution >= 4 is 28.3 Å². The number of rotatable bonds is 3. The van der Waals surface area contributed by atoms with Crippen molar-refractivity contribution in [1.82, 2.24) is 10.3 Å². The van der Waals surface area contributed by atoms with Crippen molar-refractivity contribution in [3.63, 3.8) is 0 Å². The summed E-state index contributed by atoms with van der Waals surface area (Å²) in [5, 5.41) is 7.74. The first-order valence-corrected chi connectivity index (χ1v) is 7.03. The van der Waals surface area contributed by atoms with Crippen LogP contribution >= 0.6 is 23.1 Å². The van der Waals surface area contributed by atoms with Crippen LogP contribution in [0.15, 0.2) is 10.4 Å². The smallest absolute Gasteiger partial charge is 0.156 e. The highest BCUT2D eigenvalue weighted by Crippen LogP contribution is 2.11. The third-order valence-electron chi connectivity index (χ3n) is 2.12. The Bertz CT molecular complexity index is 346. The minimum absolute atomic E-state index is 0.939. The van der Waals surface area contributed by atoms with Gasteiger partial charge in [-0.1, -0.05) is 11.8 Å². The second kappa shape index (κ2) is 5.51. The average molecular weight is 241 g/mol. The lowest BCUT2D eigenvalue weighted by atomic mass is 10.3. The largest absolute Gasteiger partial charge is 0.365 e. The lowest BCUT2D eigenvalue weighted by Gasteiger charge is -2.12. The van der Waals surface area contributed by atoms with Crippen LogP contribution < -0.4 is 5.32 Å². The maximum atomic E-state index is 4.43. The zero-order valence-electron chi connectivity index (χ0n) is 8.82. The number of nitrogens with zero attached hydrogens (tertiary/aromatic N) is 2. The molecule has 0 saturated carbocycles. The first kappa shape index (κ1) is 11.0. The number of thioether (sulfide) groups is 1. The van der Waals surface area contributed by atoms with Crippen molar-refractivity contribution in [2.75, 3.05) is 18.8 Å². The summed E-state index contributed by atoms with van der Waals surface area (Å²) in [6, 6.07) is 0. The molecule has 1 aliphatic heterocycles. The average Bonchev–Trinajstić information content (AvgIpc) is 2.66. The molecule has 1 aliphatic rings. The Morgan fingerprint density at radius 1 is 1.53 bits per heavy atom. The summed E-state index contributed by atoms with van der Waals surface area (Å²) < 4.78 is 0. The van der Waals surface area contributed by atoms with Crippen LogP contribution in [0.4, 0.5) is 0 Å². The molecule has 82 valence electrons. The van der Waals surface area contributed by atoms with Crippen molar-refractivity contribution in [3.8, 4) is 0 Å². The van der Waals surface area contributed by atoms with Gasteiger partial charge in [0.2, 0.25) is 0 Å². The summed E-state index contributed by atoms with van der Waals surface area (Å²) in [5.74, 6) is 1.20. The molecule has 1 N–H and O–H groups in total. The molecular formula is C10H15N3S2. The monoisotopic (exact) mass is 241 g/mol. The van der Waals surface area contributed by atoms with Crippen molar-refractivity contribution in [2.24, 2.45) is 4.99 Å². The minimum Gasteiger partial charge on any atom is -0.365 e. The van der Waals surface area contributed by atoms with Gasteiger partial charge >= 0.3 is 0 Å². The van der Waals surface area contributed by atoms with Gasteiger partial charge in [-0.2, -0.15) is 0 Å². The summed E-state index contributed by atoms with van der Waals surface area (Å²) in [4.78, 5) is 8.84. The number of aryl methyl sites for hydroxylation is 1. The minimum atomic E-state index is 0.939. The summed E-state index contributed by atoms with van der Waals surface area (Å²) in [6.07, 6.45) is 2.20. The Kier molecular flexibility index (Phi) is 4.02. The van der Waals surface area contributed by atoms with Gasteiger partial charge in [0.25, 0.3) is 0 Å². The van der Waals surface area contributed by atoms with Crippen LogP contribution in [0.5, 0.6) is 0 Å². The second-order valence-corrected chi connectivity index (χ2v) is 5.57. The van der Waals surface area contributed by atoms with Crippen molar-refractivity contribution in [2.45, 2.75) is 19.8 Å². The highest BCUT2D eigenvalue weighted by molar-refractivity contribution is 8.13. The molecule has 3 nitrogen and oxygen atoms in total. The van der Waals surface area contributed by atoms with Gasteiger partial charge in [0, 0.05) is 30.6 Å². The molecule has 1 aromatic rings. The molecule has 1 aromatic heterocycles. The standard InChI is InChI=1S/C10H15N3S2/c1-8-13-9(7-15-8)3-5-12-10-11-4-2-6-14-10/h7H,2-6H2,1H3,(H,11,12). The van der Waals surface area contributed by atoms with Crippen molar-refractivity contribution in [3.05, 3.63) is 16.1 Å². The van der Waals surface area contributed by atoms with E-state index in [9.17, 15) is 0 Å². The van der Waals surface area contributed by atoms with Crippen LogP contribution in [0.25, 0.3) is 0 Å². The highest BCUT2D eigenvalue weighted by Gasteiger charge is 2.05. The Hall–Kier alpha value is -0.550. The molecule has 0 spiro atoms. The van der Waals surface area contributed by atoms with E-state index < -0.39 is 0 Å². The van der Waals surface area contributed by atoms with Crippen LogP contribution in [-0.4, -0.2) is 29.0 Å². The van der Waals surface area contributed by atoms with Gasteiger partial charge in [0.1, 0.15) is 0 Å². The fourth-order valence-corrected chi connectivity index (χ4v) is 2.89.